The molecule has 1 aliphatic carbocycles. The molecule has 1 nitrogen and oxygen atoms in total. The minimum absolute atomic E-state index is 0.767. The van der Waals surface area contributed by atoms with Gasteiger partial charge in [0.05, 0.1) is 0 Å². The van der Waals surface area contributed by atoms with Gasteiger partial charge in [0, 0.05) is 6.04 Å². The van der Waals surface area contributed by atoms with Crippen molar-refractivity contribution in [2.75, 3.05) is 18.6 Å². The maximum absolute atomic E-state index is 3.79. The van der Waals surface area contributed by atoms with Crippen LogP contribution < -0.4 is 5.32 Å². The maximum atomic E-state index is 3.79. The molecule has 0 amide bonds. The predicted octanol–water partition coefficient (Wildman–Crippen LogP) is 3.40. The van der Waals surface area contributed by atoms with Crippen LogP contribution in [0.4, 0.5) is 0 Å². The zero-order valence-electron chi connectivity index (χ0n) is 10.8. The molecule has 0 bridgehead atoms. The molecule has 90 valence electrons. The summed E-state index contributed by atoms with van der Waals surface area (Å²) in [5.74, 6) is 3.83. The third kappa shape index (κ3) is 4.36. The first-order valence-corrected chi connectivity index (χ1v) is 7.76. The highest BCUT2D eigenvalue weighted by Crippen LogP contribution is 2.28. The van der Waals surface area contributed by atoms with Gasteiger partial charge in [0.2, 0.25) is 0 Å². The lowest BCUT2D eigenvalue weighted by Crippen LogP contribution is -2.44. The van der Waals surface area contributed by atoms with E-state index in [1.165, 1.54) is 31.6 Å². The smallest absolute Gasteiger partial charge is 0.0118 e. The summed E-state index contributed by atoms with van der Waals surface area (Å²) >= 11 is 1.96. The summed E-state index contributed by atoms with van der Waals surface area (Å²) in [5.41, 5.74) is 0. The second-order valence-electron chi connectivity index (χ2n) is 5.38. The highest BCUT2D eigenvalue weighted by molar-refractivity contribution is 7.98. The van der Waals surface area contributed by atoms with E-state index in [1.807, 2.05) is 11.8 Å². The molecule has 0 aromatic carbocycles. The largest absolute Gasteiger partial charge is 0.313 e. The molecular weight excluding hydrogens is 202 g/mol. The van der Waals surface area contributed by atoms with Gasteiger partial charge in [-0.3, -0.25) is 0 Å². The number of rotatable bonds is 5. The van der Waals surface area contributed by atoms with Crippen LogP contribution >= 0.6 is 11.8 Å². The molecule has 1 aliphatic rings. The summed E-state index contributed by atoms with van der Waals surface area (Å²) in [5, 5.41) is 3.79. The molecule has 0 heterocycles. The second-order valence-corrected chi connectivity index (χ2v) is 6.29. The number of thioether (sulfide) groups is 1. The zero-order chi connectivity index (χ0) is 11.3. The van der Waals surface area contributed by atoms with Gasteiger partial charge >= 0.3 is 0 Å². The molecule has 2 heteroatoms. The van der Waals surface area contributed by atoms with Gasteiger partial charge in [-0.15, -0.1) is 0 Å². The fraction of sp³-hybridized carbons (Fsp3) is 1.00. The average Bonchev–Trinajstić information content (AvgIpc) is 2.17. The van der Waals surface area contributed by atoms with E-state index in [1.54, 1.807) is 0 Å². The minimum Gasteiger partial charge on any atom is -0.313 e. The van der Waals surface area contributed by atoms with Crippen LogP contribution in [-0.4, -0.2) is 24.6 Å². The number of nitrogens with one attached hydrogen (secondary N) is 1. The van der Waals surface area contributed by atoms with Gasteiger partial charge in [-0.25, -0.2) is 0 Å². The molecule has 0 aliphatic heterocycles. The van der Waals surface area contributed by atoms with Crippen LogP contribution in [0.3, 0.4) is 0 Å². The number of hydrogen-bond acceptors (Lipinski definition) is 2. The van der Waals surface area contributed by atoms with Crippen molar-refractivity contribution in [3.05, 3.63) is 0 Å². The van der Waals surface area contributed by atoms with Crippen molar-refractivity contribution in [3.63, 3.8) is 0 Å². The molecule has 1 rings (SSSR count). The van der Waals surface area contributed by atoms with Crippen LogP contribution in [0.5, 0.6) is 0 Å². The lowest BCUT2D eigenvalue weighted by molar-refractivity contribution is 0.204. The Kier molecular flexibility index (Phi) is 6.06. The lowest BCUT2D eigenvalue weighted by atomic mass is 9.78. The summed E-state index contributed by atoms with van der Waals surface area (Å²) in [6, 6.07) is 0.767. The fourth-order valence-electron chi connectivity index (χ4n) is 2.76. The Morgan fingerprint density at radius 1 is 1.27 bits per heavy atom. The van der Waals surface area contributed by atoms with E-state index in [4.69, 9.17) is 0 Å². The lowest BCUT2D eigenvalue weighted by Gasteiger charge is -2.36. The summed E-state index contributed by atoms with van der Waals surface area (Å²) in [6.07, 6.45) is 6.46. The van der Waals surface area contributed by atoms with Crippen molar-refractivity contribution in [3.8, 4) is 0 Å². The normalized spacial score (nSPS) is 34.0. The van der Waals surface area contributed by atoms with Gasteiger partial charge in [-0.1, -0.05) is 27.2 Å². The Balaban J connectivity index is 2.28. The second kappa shape index (κ2) is 6.80. The van der Waals surface area contributed by atoms with Crippen molar-refractivity contribution in [1.29, 1.82) is 0 Å². The SMILES string of the molecule is CSCC(C)CNC1C(C)CCCC1C. The molecule has 0 spiro atoms. The molecule has 15 heavy (non-hydrogen) atoms. The van der Waals surface area contributed by atoms with E-state index in [9.17, 15) is 0 Å². The van der Waals surface area contributed by atoms with E-state index in [2.05, 4.69) is 32.3 Å². The third-order valence-corrected chi connectivity index (χ3v) is 4.60. The van der Waals surface area contributed by atoms with Gasteiger partial charge in [0.25, 0.3) is 0 Å². The monoisotopic (exact) mass is 229 g/mol. The maximum Gasteiger partial charge on any atom is 0.0118 e. The summed E-state index contributed by atoms with van der Waals surface area (Å²) in [4.78, 5) is 0. The Bertz CT molecular complexity index is 162. The van der Waals surface area contributed by atoms with E-state index < -0.39 is 0 Å². The van der Waals surface area contributed by atoms with Crippen LogP contribution in [0.25, 0.3) is 0 Å². The molecule has 3 atom stereocenters. The van der Waals surface area contributed by atoms with E-state index >= 15 is 0 Å². The summed E-state index contributed by atoms with van der Waals surface area (Å²) in [6.45, 7) is 8.36. The summed E-state index contributed by atoms with van der Waals surface area (Å²) < 4.78 is 0. The molecule has 1 saturated carbocycles. The first-order chi connectivity index (χ1) is 7.15. The van der Waals surface area contributed by atoms with Crippen molar-refractivity contribution in [2.45, 2.75) is 46.1 Å². The zero-order valence-corrected chi connectivity index (χ0v) is 11.6. The van der Waals surface area contributed by atoms with Gasteiger partial charge in [-0.05, 0) is 49.1 Å². The van der Waals surface area contributed by atoms with Gasteiger partial charge < -0.3 is 5.32 Å². The highest BCUT2D eigenvalue weighted by Gasteiger charge is 2.27. The minimum atomic E-state index is 0.767. The van der Waals surface area contributed by atoms with Crippen LogP contribution in [0.1, 0.15) is 40.0 Å². The molecule has 3 unspecified atom stereocenters. The Morgan fingerprint density at radius 3 is 2.40 bits per heavy atom. The molecule has 1 fully saturated rings. The predicted molar refractivity (Wildman–Crippen MR) is 71.5 cm³/mol. The van der Waals surface area contributed by atoms with Crippen molar-refractivity contribution < 1.29 is 0 Å². The fourth-order valence-corrected chi connectivity index (χ4v) is 3.45. The standard InChI is InChI=1S/C13H27NS/c1-10(9-15-4)8-14-13-11(2)6-5-7-12(13)3/h10-14H,5-9H2,1-4H3. The van der Waals surface area contributed by atoms with Crippen molar-refractivity contribution in [2.24, 2.45) is 17.8 Å². The average molecular weight is 229 g/mol. The van der Waals surface area contributed by atoms with Crippen LogP contribution in [0.2, 0.25) is 0 Å². The van der Waals surface area contributed by atoms with Crippen molar-refractivity contribution >= 4 is 11.8 Å². The number of hydrogen-bond donors (Lipinski definition) is 1. The van der Waals surface area contributed by atoms with E-state index in [0.717, 1.165) is 23.8 Å². The summed E-state index contributed by atoms with van der Waals surface area (Å²) in [7, 11) is 0. The molecule has 0 aromatic heterocycles. The Morgan fingerprint density at radius 2 is 1.87 bits per heavy atom. The first-order valence-electron chi connectivity index (χ1n) is 6.37. The first kappa shape index (κ1) is 13.4. The van der Waals surface area contributed by atoms with Crippen LogP contribution in [0.15, 0.2) is 0 Å². The van der Waals surface area contributed by atoms with Gasteiger partial charge in [0.15, 0.2) is 0 Å². The molecule has 1 N–H and O–H groups in total. The third-order valence-electron chi connectivity index (χ3n) is 3.70. The van der Waals surface area contributed by atoms with E-state index in [-0.39, 0.29) is 0 Å². The molecule has 0 aromatic rings. The van der Waals surface area contributed by atoms with Crippen molar-refractivity contribution in [1.82, 2.24) is 5.32 Å². The Labute approximate surface area is 99.8 Å². The molecular formula is C13H27NS. The quantitative estimate of drug-likeness (QED) is 0.775. The van der Waals surface area contributed by atoms with Crippen LogP contribution in [-0.2, 0) is 0 Å². The molecule has 0 radical (unpaired) electrons. The van der Waals surface area contributed by atoms with Gasteiger partial charge in [-0.2, -0.15) is 11.8 Å². The topological polar surface area (TPSA) is 12.0 Å². The molecule has 0 saturated heterocycles. The highest BCUT2D eigenvalue weighted by atomic mass is 32.2. The van der Waals surface area contributed by atoms with Gasteiger partial charge in [0.1, 0.15) is 0 Å². The van der Waals surface area contributed by atoms with E-state index in [0.29, 0.717) is 0 Å². The Hall–Kier alpha value is 0.310. The van der Waals surface area contributed by atoms with Crippen LogP contribution in [0, 0.1) is 17.8 Å².